The molecule has 1 amide bonds. The van der Waals surface area contributed by atoms with Crippen LogP contribution in [0.4, 0.5) is 5.69 Å². The summed E-state index contributed by atoms with van der Waals surface area (Å²) in [6.07, 6.45) is -0.0726. The molecule has 14 nitrogen and oxygen atoms in total. The smallest absolute Gasteiger partial charge is 0.340 e. The Bertz CT molecular complexity index is 1100. The highest BCUT2D eigenvalue weighted by atomic mass is 16.6. The zero-order chi connectivity index (χ0) is 31.7. The first-order chi connectivity index (χ1) is 21.5. The monoisotopic (exact) mass is 627 g/mol. The van der Waals surface area contributed by atoms with Crippen LogP contribution < -0.4 is 22.4 Å². The van der Waals surface area contributed by atoms with Crippen LogP contribution in [-0.4, -0.2) is 125 Å². The highest BCUT2D eigenvalue weighted by Crippen LogP contribution is 2.21. The third-order valence-electron chi connectivity index (χ3n) is 6.08. The molecule has 0 aliphatic rings. The Morgan fingerprint density at radius 2 is 1.14 bits per heavy atom. The molecule has 0 unspecified atom stereocenters. The van der Waals surface area contributed by atoms with Gasteiger partial charge in [-0.05, 0) is 24.6 Å². The van der Waals surface area contributed by atoms with Gasteiger partial charge in [0, 0.05) is 30.2 Å². The highest BCUT2D eigenvalue weighted by Gasteiger charge is 2.15. The van der Waals surface area contributed by atoms with Gasteiger partial charge < -0.3 is 59.1 Å². The first-order valence-corrected chi connectivity index (χ1v) is 14.9. The zero-order valence-electron chi connectivity index (χ0n) is 25.8. The Hall–Kier alpha value is -2.66. The molecule has 0 aliphatic heterocycles. The van der Waals surface area contributed by atoms with Crippen LogP contribution in [0.1, 0.15) is 11.1 Å². The molecule has 2 rings (SSSR count). The lowest BCUT2D eigenvalue weighted by Crippen LogP contribution is -2.30. The summed E-state index contributed by atoms with van der Waals surface area (Å²) in [4.78, 5) is 24.6. The Labute approximate surface area is 258 Å². The van der Waals surface area contributed by atoms with Gasteiger partial charge >= 0.3 is 5.63 Å². The zero-order valence-corrected chi connectivity index (χ0v) is 25.8. The van der Waals surface area contributed by atoms with E-state index in [1.165, 1.54) is 0 Å². The molecule has 0 atom stereocenters. The molecule has 0 spiro atoms. The van der Waals surface area contributed by atoms with Crippen LogP contribution in [0.2, 0.25) is 0 Å². The molecule has 5 N–H and O–H groups in total. The molecule has 0 aliphatic carbocycles. The number of nitrogens with two attached hydrogens (primary N) is 2. The van der Waals surface area contributed by atoms with E-state index in [9.17, 15) is 9.59 Å². The summed E-state index contributed by atoms with van der Waals surface area (Å²) in [5, 5.41) is 3.50. The number of hydrogen-bond donors (Lipinski definition) is 3. The first-order valence-electron chi connectivity index (χ1n) is 14.9. The summed E-state index contributed by atoms with van der Waals surface area (Å²) in [5.74, 6) is -0.284. The maximum Gasteiger partial charge on any atom is 0.340 e. The molecule has 250 valence electrons. The van der Waals surface area contributed by atoms with Gasteiger partial charge in [-0.3, -0.25) is 4.79 Å². The van der Waals surface area contributed by atoms with Crippen molar-refractivity contribution in [3.8, 4) is 0 Å². The van der Waals surface area contributed by atoms with Gasteiger partial charge in [0.25, 0.3) is 0 Å². The largest absolute Gasteiger partial charge is 0.422 e. The van der Waals surface area contributed by atoms with Crippen molar-refractivity contribution in [2.75, 3.05) is 125 Å². The molecule has 2 aromatic rings. The molecular formula is C30H49N3O11. The van der Waals surface area contributed by atoms with Crippen LogP contribution >= 0.6 is 0 Å². The van der Waals surface area contributed by atoms with Gasteiger partial charge in [0.15, 0.2) is 0 Å². The van der Waals surface area contributed by atoms with Gasteiger partial charge in [-0.25, -0.2) is 4.79 Å². The van der Waals surface area contributed by atoms with Gasteiger partial charge in [0.1, 0.15) is 5.58 Å². The van der Waals surface area contributed by atoms with E-state index in [0.29, 0.717) is 141 Å². The average molecular weight is 628 g/mol. The van der Waals surface area contributed by atoms with Crippen molar-refractivity contribution in [3.05, 3.63) is 39.7 Å². The molecule has 0 radical (unpaired) electrons. The standard InChI is InChI=1S/C30H49N3O11/c1-24-26-3-2-25(32)22-28(26)44-30(35)27(24)23-29(34)33-5-7-37-9-11-39-13-15-41-17-19-43-21-20-42-18-16-40-14-12-38-10-8-36-6-4-31/h2-3,22H,4-21,23,31-32H2,1H3,(H,33,34). The van der Waals surface area contributed by atoms with Crippen molar-refractivity contribution in [3.63, 3.8) is 0 Å². The van der Waals surface area contributed by atoms with Crippen molar-refractivity contribution in [1.29, 1.82) is 0 Å². The number of hydrogen-bond acceptors (Lipinski definition) is 13. The predicted molar refractivity (Wildman–Crippen MR) is 164 cm³/mol. The van der Waals surface area contributed by atoms with Crippen LogP contribution in [-0.2, 0) is 49.1 Å². The molecular weight excluding hydrogens is 578 g/mol. The minimum Gasteiger partial charge on any atom is -0.422 e. The highest BCUT2D eigenvalue weighted by molar-refractivity contribution is 5.86. The molecule has 1 heterocycles. The first kappa shape index (κ1) is 37.5. The summed E-state index contributed by atoms with van der Waals surface area (Å²) in [6.45, 7) is 10.2. The van der Waals surface area contributed by atoms with Gasteiger partial charge in [-0.2, -0.15) is 0 Å². The lowest BCUT2D eigenvalue weighted by molar-refractivity contribution is -0.120. The second-order valence-electron chi connectivity index (χ2n) is 9.46. The second kappa shape index (κ2) is 24.6. The topological polar surface area (TPSA) is 185 Å². The molecule has 44 heavy (non-hydrogen) atoms. The number of carbonyl (C=O) groups excluding carboxylic acids is 1. The van der Waals surface area contributed by atoms with Crippen molar-refractivity contribution in [2.24, 2.45) is 5.73 Å². The maximum absolute atomic E-state index is 12.3. The number of benzene rings is 1. The number of nitrogen functional groups attached to an aromatic ring is 1. The van der Waals surface area contributed by atoms with Crippen molar-refractivity contribution in [2.45, 2.75) is 13.3 Å². The van der Waals surface area contributed by atoms with E-state index >= 15 is 0 Å². The Morgan fingerprint density at radius 3 is 1.59 bits per heavy atom. The van der Waals surface area contributed by atoms with Crippen molar-refractivity contribution >= 4 is 22.6 Å². The normalized spacial score (nSPS) is 11.4. The summed E-state index contributed by atoms with van der Waals surface area (Å²) in [6, 6.07) is 5.11. The third-order valence-corrected chi connectivity index (χ3v) is 6.08. The number of amides is 1. The lowest BCUT2D eigenvalue weighted by Gasteiger charge is -2.10. The number of fused-ring (bicyclic) bond motifs is 1. The van der Waals surface area contributed by atoms with Crippen LogP contribution in [0, 0.1) is 6.92 Å². The van der Waals surface area contributed by atoms with E-state index in [1.807, 2.05) is 0 Å². The van der Waals surface area contributed by atoms with E-state index in [2.05, 4.69) is 5.32 Å². The molecule has 1 aromatic heterocycles. The van der Waals surface area contributed by atoms with E-state index in [1.54, 1.807) is 25.1 Å². The van der Waals surface area contributed by atoms with Gasteiger partial charge in [0.05, 0.1) is 118 Å². The van der Waals surface area contributed by atoms with E-state index in [0.717, 1.165) is 5.39 Å². The SMILES string of the molecule is Cc1c(CC(=O)NCCOCCOCCOCCOCCOCCOCCOCCOCCN)c(=O)oc2cc(N)ccc12. The number of anilines is 1. The Kier molecular flexibility index (Phi) is 21.0. The second-order valence-corrected chi connectivity index (χ2v) is 9.46. The number of rotatable bonds is 28. The number of nitrogens with one attached hydrogen (secondary N) is 1. The number of carbonyl (C=O) groups is 1. The fourth-order valence-electron chi connectivity index (χ4n) is 3.83. The fraction of sp³-hybridized carbons (Fsp3) is 0.667. The van der Waals surface area contributed by atoms with E-state index in [-0.39, 0.29) is 12.3 Å². The van der Waals surface area contributed by atoms with Crippen molar-refractivity contribution < 1.29 is 47.1 Å². The van der Waals surface area contributed by atoms with Crippen LogP contribution in [0.5, 0.6) is 0 Å². The Morgan fingerprint density at radius 1 is 0.705 bits per heavy atom. The maximum atomic E-state index is 12.3. The quantitative estimate of drug-likeness (QED) is 0.0671. The number of ether oxygens (including phenoxy) is 8. The van der Waals surface area contributed by atoms with E-state index < -0.39 is 5.63 Å². The van der Waals surface area contributed by atoms with Crippen LogP contribution in [0.15, 0.2) is 27.4 Å². The summed E-state index contributed by atoms with van der Waals surface area (Å²) >= 11 is 0. The minimum atomic E-state index is -0.539. The molecule has 0 bridgehead atoms. The van der Waals surface area contributed by atoms with Crippen LogP contribution in [0.3, 0.4) is 0 Å². The Balaban J connectivity index is 1.31. The molecule has 0 saturated carbocycles. The summed E-state index contributed by atoms with van der Waals surface area (Å²) in [7, 11) is 0. The molecule has 0 fully saturated rings. The third kappa shape index (κ3) is 17.0. The molecule has 0 saturated heterocycles. The van der Waals surface area contributed by atoms with E-state index in [4.69, 9.17) is 53.8 Å². The van der Waals surface area contributed by atoms with Crippen molar-refractivity contribution in [1.82, 2.24) is 5.32 Å². The predicted octanol–water partition coefficient (Wildman–Crippen LogP) is 0.434. The fourth-order valence-corrected chi connectivity index (χ4v) is 3.83. The van der Waals surface area contributed by atoms with Gasteiger partial charge in [0.2, 0.25) is 5.91 Å². The van der Waals surface area contributed by atoms with Gasteiger partial charge in [-0.15, -0.1) is 0 Å². The molecule has 1 aromatic carbocycles. The lowest BCUT2D eigenvalue weighted by atomic mass is 10.0. The number of aryl methyl sites for hydroxylation is 1. The summed E-state index contributed by atoms with van der Waals surface area (Å²) in [5.41, 5.74) is 12.5. The van der Waals surface area contributed by atoms with Gasteiger partial charge in [-0.1, -0.05) is 0 Å². The summed E-state index contributed by atoms with van der Waals surface area (Å²) < 4.78 is 48.6. The average Bonchev–Trinajstić information content (AvgIpc) is 3.00. The minimum absolute atomic E-state index is 0.0726. The van der Waals surface area contributed by atoms with Crippen LogP contribution in [0.25, 0.3) is 11.0 Å². The molecule has 14 heteroatoms.